The third-order valence-electron chi connectivity index (χ3n) is 2.56. The first-order valence-corrected chi connectivity index (χ1v) is 7.52. The van der Waals surface area contributed by atoms with Gasteiger partial charge in [0.05, 0.1) is 14.2 Å². The van der Waals surface area contributed by atoms with Gasteiger partial charge in [-0.15, -0.1) is 0 Å². The predicted octanol–water partition coefficient (Wildman–Crippen LogP) is 3.26. The molecule has 0 aliphatic rings. The van der Waals surface area contributed by atoms with E-state index in [9.17, 15) is 9.46 Å². The van der Waals surface area contributed by atoms with Crippen molar-refractivity contribution in [2.45, 2.75) is 0 Å². The first-order valence-electron chi connectivity index (χ1n) is 6.02. The van der Waals surface area contributed by atoms with Crippen molar-refractivity contribution in [3.63, 3.8) is 0 Å². The Morgan fingerprint density at radius 2 is 1.00 bits per heavy atom. The summed E-state index contributed by atoms with van der Waals surface area (Å²) in [7, 11) is -1.21. The topological polar surface area (TPSA) is 74.2 Å². The van der Waals surface area contributed by atoms with Crippen molar-refractivity contribution in [2.75, 3.05) is 14.2 Å². The quantitative estimate of drug-likeness (QED) is 0.825. The minimum atomic E-state index is -4.27. The lowest BCUT2D eigenvalue weighted by molar-refractivity contribution is 0.290. The molecule has 0 fully saturated rings. The van der Waals surface area contributed by atoms with Gasteiger partial charge in [0.1, 0.15) is 23.0 Å². The van der Waals surface area contributed by atoms with Crippen LogP contribution in [0.3, 0.4) is 0 Å². The molecule has 21 heavy (non-hydrogen) atoms. The maximum absolute atomic E-state index is 11.9. The molecule has 2 aromatic carbocycles. The van der Waals surface area contributed by atoms with Gasteiger partial charge in [0.15, 0.2) is 0 Å². The highest BCUT2D eigenvalue weighted by Crippen LogP contribution is 2.44. The Morgan fingerprint density at radius 1 is 0.714 bits per heavy atom. The number of rotatable bonds is 6. The van der Waals surface area contributed by atoms with Crippen LogP contribution >= 0.6 is 7.82 Å². The van der Waals surface area contributed by atoms with E-state index in [1.54, 1.807) is 24.3 Å². The molecule has 2 aromatic rings. The zero-order chi connectivity index (χ0) is 15.3. The van der Waals surface area contributed by atoms with Crippen LogP contribution in [0.2, 0.25) is 0 Å². The summed E-state index contributed by atoms with van der Waals surface area (Å²) < 4.78 is 31.8. The molecule has 0 saturated carbocycles. The Labute approximate surface area is 122 Å². The Hall–Kier alpha value is -2.17. The second kappa shape index (κ2) is 6.52. The van der Waals surface area contributed by atoms with E-state index < -0.39 is 7.82 Å². The standard InChI is InChI=1S/C14H15O6P/c1-17-11-3-7-13(8-4-11)19-21(15,16)20-14-9-5-12(18-2)6-10-14/h3-10H,1-2H3,(H,15,16). The fourth-order valence-corrected chi connectivity index (χ4v) is 2.37. The molecule has 0 aliphatic heterocycles. The normalized spacial score (nSPS) is 10.8. The van der Waals surface area contributed by atoms with Crippen molar-refractivity contribution in [1.29, 1.82) is 0 Å². The molecule has 0 aromatic heterocycles. The zero-order valence-corrected chi connectivity index (χ0v) is 12.4. The average Bonchev–Trinajstić information content (AvgIpc) is 2.48. The van der Waals surface area contributed by atoms with E-state index >= 15 is 0 Å². The Kier molecular flexibility index (Phi) is 4.73. The number of phosphoric ester groups is 1. The van der Waals surface area contributed by atoms with Crippen molar-refractivity contribution in [1.82, 2.24) is 0 Å². The van der Waals surface area contributed by atoms with Crippen LogP contribution in [0.1, 0.15) is 0 Å². The lowest BCUT2D eigenvalue weighted by Crippen LogP contribution is -1.99. The molecule has 0 bridgehead atoms. The van der Waals surface area contributed by atoms with Crippen LogP contribution in [-0.2, 0) is 4.57 Å². The van der Waals surface area contributed by atoms with Gasteiger partial charge in [-0.3, -0.25) is 4.89 Å². The first kappa shape index (κ1) is 15.2. The number of methoxy groups -OCH3 is 2. The SMILES string of the molecule is COc1ccc(OP(=O)(O)Oc2ccc(OC)cc2)cc1. The van der Waals surface area contributed by atoms with E-state index in [1.807, 2.05) is 0 Å². The van der Waals surface area contributed by atoms with E-state index in [0.29, 0.717) is 11.5 Å². The van der Waals surface area contributed by atoms with Gasteiger partial charge in [-0.25, -0.2) is 4.57 Å². The van der Waals surface area contributed by atoms with Gasteiger partial charge >= 0.3 is 7.82 Å². The minimum Gasteiger partial charge on any atom is -0.497 e. The lowest BCUT2D eigenvalue weighted by atomic mass is 10.3. The maximum atomic E-state index is 11.9. The van der Waals surface area contributed by atoms with E-state index in [0.717, 1.165) is 0 Å². The fourth-order valence-electron chi connectivity index (χ4n) is 1.56. The van der Waals surface area contributed by atoms with E-state index in [2.05, 4.69) is 0 Å². The summed E-state index contributed by atoms with van der Waals surface area (Å²) in [4.78, 5) is 9.72. The monoisotopic (exact) mass is 310 g/mol. The van der Waals surface area contributed by atoms with Crippen molar-refractivity contribution in [3.8, 4) is 23.0 Å². The van der Waals surface area contributed by atoms with Gasteiger partial charge in [-0.2, -0.15) is 0 Å². The third kappa shape index (κ3) is 4.41. The van der Waals surface area contributed by atoms with Crippen LogP contribution < -0.4 is 18.5 Å². The summed E-state index contributed by atoms with van der Waals surface area (Å²) in [5, 5.41) is 0. The second-order valence-electron chi connectivity index (χ2n) is 4.00. The van der Waals surface area contributed by atoms with Gasteiger partial charge in [0, 0.05) is 0 Å². The molecule has 6 nitrogen and oxygen atoms in total. The van der Waals surface area contributed by atoms with Crippen molar-refractivity contribution < 1.29 is 28.0 Å². The van der Waals surface area contributed by atoms with Crippen molar-refractivity contribution >= 4 is 7.82 Å². The molecular weight excluding hydrogens is 295 g/mol. The number of ether oxygens (including phenoxy) is 2. The van der Waals surface area contributed by atoms with Crippen LogP contribution in [0.5, 0.6) is 23.0 Å². The Morgan fingerprint density at radius 3 is 1.29 bits per heavy atom. The van der Waals surface area contributed by atoms with Gasteiger partial charge in [-0.05, 0) is 48.5 Å². The second-order valence-corrected chi connectivity index (χ2v) is 5.30. The summed E-state index contributed by atoms with van der Waals surface area (Å²) in [5.41, 5.74) is 0. The van der Waals surface area contributed by atoms with Crippen molar-refractivity contribution in [2.24, 2.45) is 0 Å². The van der Waals surface area contributed by atoms with Crippen LogP contribution in [0.25, 0.3) is 0 Å². The molecule has 7 heteroatoms. The Balaban J connectivity index is 2.04. The molecule has 0 amide bonds. The third-order valence-corrected chi connectivity index (χ3v) is 3.44. The minimum absolute atomic E-state index is 0.204. The molecule has 0 unspecified atom stereocenters. The van der Waals surface area contributed by atoms with Crippen LogP contribution in [0, 0.1) is 0 Å². The van der Waals surface area contributed by atoms with E-state index in [1.165, 1.54) is 38.5 Å². The molecule has 0 spiro atoms. The summed E-state index contributed by atoms with van der Waals surface area (Å²) >= 11 is 0. The van der Waals surface area contributed by atoms with E-state index in [-0.39, 0.29) is 11.5 Å². The van der Waals surface area contributed by atoms with Gasteiger partial charge in [0.25, 0.3) is 0 Å². The Bertz CT molecular complexity index is 569. The molecule has 0 heterocycles. The highest BCUT2D eigenvalue weighted by molar-refractivity contribution is 7.48. The molecule has 0 radical (unpaired) electrons. The molecule has 0 aliphatic carbocycles. The average molecular weight is 310 g/mol. The van der Waals surface area contributed by atoms with E-state index in [4.69, 9.17) is 18.5 Å². The summed E-state index contributed by atoms with van der Waals surface area (Å²) in [6.45, 7) is 0. The van der Waals surface area contributed by atoms with Crippen LogP contribution in [0.15, 0.2) is 48.5 Å². The number of hydrogen-bond donors (Lipinski definition) is 1. The van der Waals surface area contributed by atoms with Crippen LogP contribution in [-0.4, -0.2) is 19.1 Å². The lowest BCUT2D eigenvalue weighted by Gasteiger charge is -2.14. The fraction of sp³-hybridized carbons (Fsp3) is 0.143. The summed E-state index contributed by atoms with van der Waals surface area (Å²) in [6.07, 6.45) is 0. The predicted molar refractivity (Wildman–Crippen MR) is 77.1 cm³/mol. The summed E-state index contributed by atoms with van der Waals surface area (Å²) in [6, 6.07) is 12.5. The van der Waals surface area contributed by atoms with Crippen LogP contribution in [0.4, 0.5) is 0 Å². The van der Waals surface area contributed by atoms with Gasteiger partial charge < -0.3 is 18.5 Å². The van der Waals surface area contributed by atoms with Gasteiger partial charge in [-0.1, -0.05) is 0 Å². The zero-order valence-electron chi connectivity index (χ0n) is 11.6. The smallest absolute Gasteiger partial charge is 0.497 e. The van der Waals surface area contributed by atoms with Crippen molar-refractivity contribution in [3.05, 3.63) is 48.5 Å². The number of phosphoric acid groups is 1. The molecule has 1 N–H and O–H groups in total. The number of hydrogen-bond acceptors (Lipinski definition) is 5. The largest absolute Gasteiger partial charge is 0.584 e. The molecule has 0 saturated heterocycles. The summed E-state index contributed by atoms with van der Waals surface area (Å²) in [5.74, 6) is 1.64. The molecular formula is C14H15O6P. The molecule has 112 valence electrons. The van der Waals surface area contributed by atoms with Gasteiger partial charge in [0.2, 0.25) is 0 Å². The number of benzene rings is 2. The first-order chi connectivity index (χ1) is 10.0. The highest BCUT2D eigenvalue weighted by atomic mass is 31.2. The highest BCUT2D eigenvalue weighted by Gasteiger charge is 2.25. The molecule has 2 rings (SSSR count). The maximum Gasteiger partial charge on any atom is 0.584 e. The molecule has 0 atom stereocenters.